The molecule has 0 bridgehead atoms. The van der Waals surface area contributed by atoms with E-state index in [9.17, 15) is 4.79 Å². The number of aromatic nitrogens is 2. The van der Waals surface area contributed by atoms with E-state index in [1.165, 1.54) is 0 Å². The van der Waals surface area contributed by atoms with Gasteiger partial charge in [0.2, 0.25) is 0 Å². The van der Waals surface area contributed by atoms with Gasteiger partial charge in [-0.05, 0) is 53.1 Å². The molecule has 0 aliphatic carbocycles. The molecule has 0 atom stereocenters. The van der Waals surface area contributed by atoms with E-state index in [1.807, 2.05) is 11.6 Å². The standard InChI is InChI=1S/C14H23N3O/c1-10(2)17-14-12(11(3)16-17)6-4-8-15-9-5-7-13(14)18/h10,15H,4-9H2,1-3H3. The number of Topliss-reactive ketones (excluding diaryl/α,β-unsaturated/α-hetero) is 1. The van der Waals surface area contributed by atoms with Crippen molar-refractivity contribution in [2.75, 3.05) is 13.1 Å². The number of hydrogen-bond donors (Lipinski definition) is 1. The van der Waals surface area contributed by atoms with Crippen molar-refractivity contribution in [3.63, 3.8) is 0 Å². The fraction of sp³-hybridized carbons (Fsp3) is 0.714. The van der Waals surface area contributed by atoms with Crippen molar-refractivity contribution in [1.82, 2.24) is 15.1 Å². The molecule has 1 aromatic heterocycles. The summed E-state index contributed by atoms with van der Waals surface area (Å²) in [4.78, 5) is 12.4. The molecule has 0 saturated carbocycles. The van der Waals surface area contributed by atoms with Gasteiger partial charge in [-0.15, -0.1) is 0 Å². The van der Waals surface area contributed by atoms with E-state index < -0.39 is 0 Å². The van der Waals surface area contributed by atoms with Crippen LogP contribution in [0.5, 0.6) is 0 Å². The van der Waals surface area contributed by atoms with Crippen molar-refractivity contribution in [3.05, 3.63) is 17.0 Å². The normalized spacial score (nSPS) is 17.9. The van der Waals surface area contributed by atoms with Crippen LogP contribution >= 0.6 is 0 Å². The van der Waals surface area contributed by atoms with Crippen LogP contribution in [0.25, 0.3) is 0 Å². The van der Waals surface area contributed by atoms with Gasteiger partial charge >= 0.3 is 0 Å². The van der Waals surface area contributed by atoms with E-state index >= 15 is 0 Å². The number of hydrogen-bond acceptors (Lipinski definition) is 3. The Hall–Kier alpha value is -1.16. The third kappa shape index (κ3) is 2.64. The van der Waals surface area contributed by atoms with E-state index in [0.29, 0.717) is 6.42 Å². The second kappa shape index (κ2) is 5.65. The van der Waals surface area contributed by atoms with Crippen LogP contribution in [0.4, 0.5) is 0 Å². The Morgan fingerprint density at radius 3 is 2.56 bits per heavy atom. The van der Waals surface area contributed by atoms with Crippen LogP contribution in [-0.2, 0) is 6.42 Å². The monoisotopic (exact) mass is 249 g/mol. The Balaban J connectivity index is 2.41. The molecule has 100 valence electrons. The lowest BCUT2D eigenvalue weighted by atomic mass is 10.0. The van der Waals surface area contributed by atoms with E-state index in [1.54, 1.807) is 0 Å². The van der Waals surface area contributed by atoms with Gasteiger partial charge < -0.3 is 5.32 Å². The SMILES string of the molecule is Cc1nn(C(C)C)c2c1CCCNCCCC2=O. The maximum atomic E-state index is 12.4. The molecule has 1 aliphatic heterocycles. The third-order valence-corrected chi connectivity index (χ3v) is 3.50. The minimum Gasteiger partial charge on any atom is -0.317 e. The number of carbonyl (C=O) groups is 1. The predicted octanol–water partition coefficient (Wildman–Crippen LogP) is 2.27. The van der Waals surface area contributed by atoms with Crippen molar-refractivity contribution in [3.8, 4) is 0 Å². The van der Waals surface area contributed by atoms with Gasteiger partial charge in [0.05, 0.1) is 5.69 Å². The Labute approximate surface area is 109 Å². The highest BCUT2D eigenvalue weighted by Gasteiger charge is 2.22. The molecular formula is C14H23N3O. The lowest BCUT2D eigenvalue weighted by Crippen LogP contribution is -2.21. The summed E-state index contributed by atoms with van der Waals surface area (Å²) in [6.07, 6.45) is 3.57. The maximum Gasteiger partial charge on any atom is 0.181 e. The van der Waals surface area contributed by atoms with Crippen LogP contribution in [-0.4, -0.2) is 28.7 Å². The average Bonchev–Trinajstić information content (AvgIpc) is 2.66. The first-order valence-corrected chi connectivity index (χ1v) is 6.93. The zero-order valence-corrected chi connectivity index (χ0v) is 11.6. The molecule has 0 radical (unpaired) electrons. The van der Waals surface area contributed by atoms with Crippen LogP contribution in [0, 0.1) is 6.92 Å². The van der Waals surface area contributed by atoms with Crippen LogP contribution in [0.2, 0.25) is 0 Å². The molecule has 1 aromatic rings. The summed E-state index contributed by atoms with van der Waals surface area (Å²) in [5.74, 6) is 0.253. The van der Waals surface area contributed by atoms with E-state index in [4.69, 9.17) is 0 Å². The number of rotatable bonds is 1. The van der Waals surface area contributed by atoms with Gasteiger partial charge in [0.15, 0.2) is 5.78 Å². The van der Waals surface area contributed by atoms with Crippen molar-refractivity contribution in [1.29, 1.82) is 0 Å². The lowest BCUT2D eigenvalue weighted by molar-refractivity contribution is 0.0966. The number of ketones is 1. The zero-order valence-electron chi connectivity index (χ0n) is 11.6. The van der Waals surface area contributed by atoms with E-state index in [-0.39, 0.29) is 11.8 Å². The Bertz CT molecular complexity index is 434. The molecule has 0 amide bonds. The molecule has 1 aliphatic rings. The molecule has 0 fully saturated rings. The van der Waals surface area contributed by atoms with Gasteiger partial charge in [0, 0.05) is 18.0 Å². The van der Waals surface area contributed by atoms with Crippen molar-refractivity contribution < 1.29 is 4.79 Å². The third-order valence-electron chi connectivity index (χ3n) is 3.50. The van der Waals surface area contributed by atoms with Crippen molar-refractivity contribution in [2.24, 2.45) is 0 Å². The summed E-state index contributed by atoms with van der Waals surface area (Å²) in [5.41, 5.74) is 3.05. The number of carbonyl (C=O) groups excluding carboxylic acids is 1. The number of nitrogens with zero attached hydrogens (tertiary/aromatic N) is 2. The number of aryl methyl sites for hydroxylation is 1. The molecule has 0 unspecified atom stereocenters. The predicted molar refractivity (Wildman–Crippen MR) is 72.1 cm³/mol. The summed E-state index contributed by atoms with van der Waals surface area (Å²) >= 11 is 0. The largest absolute Gasteiger partial charge is 0.317 e. The average molecular weight is 249 g/mol. The smallest absolute Gasteiger partial charge is 0.181 e. The minimum absolute atomic E-state index is 0.248. The summed E-state index contributed by atoms with van der Waals surface area (Å²) < 4.78 is 1.92. The van der Waals surface area contributed by atoms with Gasteiger partial charge in [0.1, 0.15) is 5.69 Å². The Kier molecular flexibility index (Phi) is 4.17. The number of nitrogens with one attached hydrogen (secondary N) is 1. The van der Waals surface area contributed by atoms with Crippen molar-refractivity contribution in [2.45, 2.75) is 52.5 Å². The molecule has 0 aromatic carbocycles. The van der Waals surface area contributed by atoms with Gasteiger partial charge in [0.25, 0.3) is 0 Å². The first-order chi connectivity index (χ1) is 8.61. The highest BCUT2D eigenvalue weighted by molar-refractivity contribution is 5.96. The maximum absolute atomic E-state index is 12.4. The van der Waals surface area contributed by atoms with Crippen LogP contribution in [0.15, 0.2) is 0 Å². The first-order valence-electron chi connectivity index (χ1n) is 6.93. The molecule has 1 N–H and O–H groups in total. The fourth-order valence-electron chi connectivity index (χ4n) is 2.56. The fourth-order valence-corrected chi connectivity index (χ4v) is 2.56. The second-order valence-corrected chi connectivity index (χ2v) is 5.33. The molecule has 18 heavy (non-hydrogen) atoms. The minimum atomic E-state index is 0.248. The van der Waals surface area contributed by atoms with E-state index in [2.05, 4.69) is 24.3 Å². The van der Waals surface area contributed by atoms with Gasteiger partial charge in [-0.2, -0.15) is 5.10 Å². The summed E-state index contributed by atoms with van der Waals surface area (Å²) in [6, 6.07) is 0.248. The number of fused-ring (bicyclic) bond motifs is 1. The highest BCUT2D eigenvalue weighted by atomic mass is 16.1. The van der Waals surface area contributed by atoms with Crippen LogP contribution in [0.1, 0.15) is 60.9 Å². The van der Waals surface area contributed by atoms with E-state index in [0.717, 1.165) is 49.3 Å². The summed E-state index contributed by atoms with van der Waals surface area (Å²) in [6.45, 7) is 8.15. The Morgan fingerprint density at radius 1 is 1.22 bits per heavy atom. The molecular weight excluding hydrogens is 226 g/mol. The molecule has 4 heteroatoms. The summed E-state index contributed by atoms with van der Waals surface area (Å²) in [7, 11) is 0. The zero-order chi connectivity index (χ0) is 13.1. The second-order valence-electron chi connectivity index (χ2n) is 5.33. The molecule has 2 rings (SSSR count). The molecule has 4 nitrogen and oxygen atoms in total. The quantitative estimate of drug-likeness (QED) is 0.830. The van der Waals surface area contributed by atoms with Crippen LogP contribution in [0.3, 0.4) is 0 Å². The molecule has 0 saturated heterocycles. The first kappa shape index (κ1) is 13.3. The Morgan fingerprint density at radius 2 is 1.89 bits per heavy atom. The molecule has 2 heterocycles. The van der Waals surface area contributed by atoms with Gasteiger partial charge in [-0.1, -0.05) is 0 Å². The molecule has 0 spiro atoms. The topological polar surface area (TPSA) is 46.9 Å². The van der Waals surface area contributed by atoms with Crippen molar-refractivity contribution >= 4 is 5.78 Å². The van der Waals surface area contributed by atoms with Gasteiger partial charge in [-0.3, -0.25) is 9.48 Å². The van der Waals surface area contributed by atoms with Crippen LogP contribution < -0.4 is 5.32 Å². The summed E-state index contributed by atoms with van der Waals surface area (Å²) in [5, 5.41) is 7.94. The van der Waals surface area contributed by atoms with Gasteiger partial charge in [-0.25, -0.2) is 0 Å². The highest BCUT2D eigenvalue weighted by Crippen LogP contribution is 2.22. The lowest BCUT2D eigenvalue weighted by Gasteiger charge is -2.13.